The Labute approximate surface area is 327 Å². The second kappa shape index (κ2) is 17.9. The van der Waals surface area contributed by atoms with Gasteiger partial charge in [-0.25, -0.2) is 4.79 Å². The molecule has 2 unspecified atom stereocenters. The Hall–Kier alpha value is -2.37. The molecule has 0 spiro atoms. The van der Waals surface area contributed by atoms with E-state index in [4.69, 9.17) is 60.6 Å². The Morgan fingerprint density at radius 2 is 1.56 bits per heavy atom. The number of halogens is 6. The molecule has 0 saturated carbocycles. The van der Waals surface area contributed by atoms with Crippen LogP contribution in [0.2, 0.25) is 5.02 Å². The number of hydrogen-bond donors (Lipinski definition) is 2. The lowest BCUT2D eigenvalue weighted by Gasteiger charge is -2.48. The van der Waals surface area contributed by atoms with Crippen molar-refractivity contribution in [3.63, 3.8) is 0 Å². The van der Waals surface area contributed by atoms with Crippen LogP contribution in [0.5, 0.6) is 11.5 Å². The zero-order valence-corrected chi connectivity index (χ0v) is 33.0. The van der Waals surface area contributed by atoms with Crippen LogP contribution in [0.3, 0.4) is 0 Å². The van der Waals surface area contributed by atoms with Crippen molar-refractivity contribution < 1.29 is 23.8 Å². The minimum Gasteiger partial charge on any atom is -0.490 e. The van der Waals surface area contributed by atoms with E-state index in [1.165, 1.54) is 0 Å². The van der Waals surface area contributed by atoms with E-state index in [-0.39, 0.29) is 24.4 Å². The van der Waals surface area contributed by atoms with Crippen LogP contribution in [-0.2, 0) is 16.0 Å². The SMILES string of the molecule is CC(C)(OC(=O)N1C2CNCC1C(C(=O)NCCCc1ccccc1Cl)=C(c1ccc(OCCOc3ccc(Br)cc3)cc1)C2)C(Cl)(Cl)Cl.Cl. The van der Waals surface area contributed by atoms with Crippen LogP contribution in [-0.4, -0.2) is 71.2 Å². The average Bonchev–Trinajstić information content (AvgIpc) is 3.05. The number of nitrogens with one attached hydrogen (secondary N) is 2. The van der Waals surface area contributed by atoms with Crippen molar-refractivity contribution in [2.75, 3.05) is 32.8 Å². The van der Waals surface area contributed by atoms with Crippen LogP contribution >= 0.6 is 74.7 Å². The second-order valence-electron chi connectivity index (χ2n) is 12.3. The van der Waals surface area contributed by atoms with Crippen molar-refractivity contribution >= 4 is 92.3 Å². The van der Waals surface area contributed by atoms with Gasteiger partial charge in [-0.15, -0.1) is 12.4 Å². The molecule has 270 valence electrons. The number of benzene rings is 3. The summed E-state index contributed by atoms with van der Waals surface area (Å²) in [5.74, 6) is 1.17. The number of carbonyl (C=O) groups excluding carboxylic acids is 2. The summed E-state index contributed by atoms with van der Waals surface area (Å²) in [6.45, 7) is 5.11. The van der Waals surface area contributed by atoms with Gasteiger partial charge in [-0.2, -0.15) is 0 Å². The summed E-state index contributed by atoms with van der Waals surface area (Å²) in [5, 5.41) is 7.16. The fourth-order valence-electron chi connectivity index (χ4n) is 5.84. The molecule has 5 rings (SSSR count). The topological polar surface area (TPSA) is 89.1 Å². The number of amides is 2. The Morgan fingerprint density at radius 1 is 0.940 bits per heavy atom. The summed E-state index contributed by atoms with van der Waals surface area (Å²) in [7, 11) is 0. The molecule has 0 aromatic heterocycles. The number of ether oxygens (including phenoxy) is 3. The second-order valence-corrected chi connectivity index (χ2v) is 15.9. The number of carbonyl (C=O) groups is 2. The Morgan fingerprint density at radius 3 is 2.18 bits per heavy atom. The van der Waals surface area contributed by atoms with Gasteiger partial charge in [0.15, 0.2) is 5.60 Å². The summed E-state index contributed by atoms with van der Waals surface area (Å²) >= 11 is 28.2. The molecule has 2 aliphatic heterocycles. The van der Waals surface area contributed by atoms with Gasteiger partial charge in [-0.1, -0.05) is 92.7 Å². The number of aryl methyl sites for hydroxylation is 1. The van der Waals surface area contributed by atoms with E-state index in [0.717, 1.165) is 26.9 Å². The highest BCUT2D eigenvalue weighted by Crippen LogP contribution is 2.42. The van der Waals surface area contributed by atoms with Gasteiger partial charge in [-0.05, 0) is 92.3 Å². The molecule has 3 aromatic rings. The first-order chi connectivity index (χ1) is 23.3. The lowest BCUT2D eigenvalue weighted by Crippen LogP contribution is -2.64. The van der Waals surface area contributed by atoms with Gasteiger partial charge in [0.05, 0.1) is 12.1 Å². The Kier molecular flexibility index (Phi) is 14.5. The van der Waals surface area contributed by atoms with Crippen LogP contribution in [0.15, 0.2) is 82.8 Å². The monoisotopic (exact) mass is 847 g/mol. The molecular formula is C36H39BrCl5N3O5. The molecule has 8 nitrogen and oxygen atoms in total. The molecule has 0 aliphatic carbocycles. The minimum atomic E-state index is -1.86. The number of fused-ring (bicyclic) bond motifs is 2. The van der Waals surface area contributed by atoms with E-state index in [1.54, 1.807) is 18.7 Å². The van der Waals surface area contributed by atoms with E-state index in [0.29, 0.717) is 68.5 Å². The van der Waals surface area contributed by atoms with Gasteiger partial charge in [0, 0.05) is 34.7 Å². The van der Waals surface area contributed by atoms with E-state index < -0.39 is 21.5 Å². The molecule has 50 heavy (non-hydrogen) atoms. The quantitative estimate of drug-likeness (QED) is 0.140. The first kappa shape index (κ1) is 40.4. The van der Waals surface area contributed by atoms with E-state index in [2.05, 4.69) is 26.6 Å². The van der Waals surface area contributed by atoms with Gasteiger partial charge in [-0.3, -0.25) is 9.69 Å². The summed E-state index contributed by atoms with van der Waals surface area (Å²) < 4.78 is 16.6. The lowest BCUT2D eigenvalue weighted by atomic mass is 9.82. The van der Waals surface area contributed by atoms with Crippen molar-refractivity contribution in [2.45, 2.75) is 54.6 Å². The fraction of sp³-hybridized carbons (Fsp3) is 0.389. The van der Waals surface area contributed by atoms with Crippen molar-refractivity contribution in [3.8, 4) is 11.5 Å². The number of piperazine rings is 1. The van der Waals surface area contributed by atoms with Crippen LogP contribution in [0.25, 0.3) is 5.57 Å². The highest BCUT2D eigenvalue weighted by molar-refractivity contribution is 9.10. The van der Waals surface area contributed by atoms with Crippen molar-refractivity contribution in [1.82, 2.24) is 15.5 Å². The molecule has 2 N–H and O–H groups in total. The largest absolute Gasteiger partial charge is 0.490 e. The molecule has 14 heteroatoms. The van der Waals surface area contributed by atoms with Crippen molar-refractivity contribution in [2.24, 2.45) is 0 Å². The number of rotatable bonds is 12. The van der Waals surface area contributed by atoms with Gasteiger partial charge < -0.3 is 24.8 Å². The third-order valence-corrected chi connectivity index (χ3v) is 10.8. The predicted molar refractivity (Wildman–Crippen MR) is 206 cm³/mol. The predicted octanol–water partition coefficient (Wildman–Crippen LogP) is 8.82. The highest BCUT2D eigenvalue weighted by atomic mass is 79.9. The van der Waals surface area contributed by atoms with Crippen molar-refractivity contribution in [3.05, 3.63) is 99.0 Å². The van der Waals surface area contributed by atoms with Crippen LogP contribution < -0.4 is 20.1 Å². The Bertz CT molecular complexity index is 1650. The van der Waals surface area contributed by atoms with Crippen LogP contribution in [0, 0.1) is 0 Å². The van der Waals surface area contributed by atoms with E-state index in [1.807, 2.05) is 72.8 Å². The van der Waals surface area contributed by atoms with Crippen LogP contribution in [0.4, 0.5) is 4.79 Å². The lowest BCUT2D eigenvalue weighted by molar-refractivity contribution is -0.118. The normalized spacial score (nSPS) is 17.5. The standard InChI is InChI=1S/C36H38BrCl4N3O5.ClH/c1-35(2,36(39,40)41)49-34(46)44-26-20-29(23-9-13-27(14-10-23)47-18-19-48-28-15-11-25(37)12-16-28)32(31(44)22-42-21-26)33(45)43-17-5-7-24-6-3-4-8-30(24)38;/h3-4,6,8-16,26,31,42H,5,7,17-22H2,1-2H3,(H,43,45);1H. The first-order valence-corrected chi connectivity index (χ1v) is 18.3. The molecular weight excluding hydrogens is 812 g/mol. The molecule has 2 aliphatic rings. The number of hydrogen-bond acceptors (Lipinski definition) is 6. The maximum atomic E-state index is 14.0. The fourth-order valence-corrected chi connectivity index (χ4v) is 6.45. The number of alkyl halides is 3. The van der Waals surface area contributed by atoms with Gasteiger partial charge in [0.1, 0.15) is 24.7 Å². The smallest absolute Gasteiger partial charge is 0.411 e. The summed E-state index contributed by atoms with van der Waals surface area (Å²) in [6.07, 6.45) is 1.16. The molecule has 2 heterocycles. The number of nitrogens with zero attached hydrogens (tertiary/aromatic N) is 1. The zero-order valence-electron chi connectivity index (χ0n) is 27.5. The van der Waals surface area contributed by atoms with Crippen LogP contribution in [0.1, 0.15) is 37.8 Å². The minimum absolute atomic E-state index is 0. The van der Waals surface area contributed by atoms with E-state index in [9.17, 15) is 9.59 Å². The molecule has 1 saturated heterocycles. The first-order valence-electron chi connectivity index (χ1n) is 16.0. The molecule has 0 radical (unpaired) electrons. The summed E-state index contributed by atoms with van der Waals surface area (Å²) in [6, 6.07) is 22.0. The maximum Gasteiger partial charge on any atom is 0.411 e. The molecule has 2 amide bonds. The summed E-state index contributed by atoms with van der Waals surface area (Å²) in [5.41, 5.74) is 1.81. The zero-order chi connectivity index (χ0) is 35.2. The maximum absolute atomic E-state index is 14.0. The molecule has 2 atom stereocenters. The van der Waals surface area contributed by atoms with Gasteiger partial charge in [0.2, 0.25) is 9.70 Å². The average molecular weight is 851 g/mol. The third-order valence-electron chi connectivity index (χ3n) is 8.53. The van der Waals surface area contributed by atoms with Crippen molar-refractivity contribution in [1.29, 1.82) is 0 Å². The van der Waals surface area contributed by atoms with E-state index >= 15 is 0 Å². The highest BCUT2D eigenvalue weighted by Gasteiger charge is 2.49. The molecule has 3 aromatic carbocycles. The van der Waals surface area contributed by atoms with Gasteiger partial charge in [0.25, 0.3) is 0 Å². The Balaban J connectivity index is 0.00000562. The molecule has 1 fully saturated rings. The van der Waals surface area contributed by atoms with Gasteiger partial charge >= 0.3 is 6.09 Å². The summed E-state index contributed by atoms with van der Waals surface area (Å²) in [4.78, 5) is 29.4. The molecule has 2 bridgehead atoms. The third kappa shape index (κ3) is 10.1.